The van der Waals surface area contributed by atoms with Gasteiger partial charge in [-0.05, 0) is 40.2 Å². The van der Waals surface area contributed by atoms with Crippen LogP contribution in [0.4, 0.5) is 0 Å². The molecule has 2 heterocycles. The maximum Gasteiger partial charge on any atom is 0.0458 e. The summed E-state index contributed by atoms with van der Waals surface area (Å²) in [6, 6.07) is 0. The molecular formula is C21H30N2. The Kier molecular flexibility index (Phi) is 5.13. The van der Waals surface area contributed by atoms with E-state index < -0.39 is 0 Å². The van der Waals surface area contributed by atoms with Crippen LogP contribution in [-0.2, 0) is 0 Å². The first-order chi connectivity index (χ1) is 10.7. The summed E-state index contributed by atoms with van der Waals surface area (Å²) < 4.78 is 0. The molecule has 0 saturated carbocycles. The zero-order valence-electron chi connectivity index (χ0n) is 15.4. The summed E-state index contributed by atoms with van der Waals surface area (Å²) in [6.07, 6.45) is 16.9. The van der Waals surface area contributed by atoms with E-state index in [9.17, 15) is 0 Å². The zero-order chi connectivity index (χ0) is 17.1. The lowest BCUT2D eigenvalue weighted by molar-refractivity contribution is 0.515. The van der Waals surface area contributed by atoms with E-state index in [2.05, 4.69) is 82.2 Å². The number of aliphatic imine (C=N–C) groups is 1. The zero-order valence-corrected chi connectivity index (χ0v) is 15.4. The van der Waals surface area contributed by atoms with E-state index in [0.717, 1.165) is 18.6 Å². The van der Waals surface area contributed by atoms with Crippen LogP contribution in [0.5, 0.6) is 0 Å². The fourth-order valence-corrected chi connectivity index (χ4v) is 2.64. The second-order valence-corrected chi connectivity index (χ2v) is 8.31. The number of nitrogens with zero attached hydrogens (tertiary/aromatic N) is 1. The molecule has 0 aromatic rings. The van der Waals surface area contributed by atoms with E-state index in [1.807, 2.05) is 12.4 Å². The topological polar surface area (TPSA) is 24.4 Å². The molecule has 2 nitrogen and oxygen atoms in total. The molecule has 2 heteroatoms. The molecule has 1 N–H and O–H groups in total. The van der Waals surface area contributed by atoms with Crippen LogP contribution in [0.1, 0.15) is 54.4 Å². The molecule has 0 bridgehead atoms. The van der Waals surface area contributed by atoms with E-state index in [0.29, 0.717) is 0 Å². The van der Waals surface area contributed by atoms with Gasteiger partial charge in [-0.25, -0.2) is 0 Å². The molecule has 2 rings (SSSR count). The third kappa shape index (κ3) is 5.09. The molecule has 0 spiro atoms. The van der Waals surface area contributed by atoms with Crippen molar-refractivity contribution in [3.8, 4) is 0 Å². The number of hydrogen-bond acceptors (Lipinski definition) is 2. The largest absolute Gasteiger partial charge is 0.365 e. The van der Waals surface area contributed by atoms with Crippen molar-refractivity contribution in [2.45, 2.75) is 54.4 Å². The molecule has 23 heavy (non-hydrogen) atoms. The van der Waals surface area contributed by atoms with Gasteiger partial charge in [0.05, 0.1) is 0 Å². The minimum absolute atomic E-state index is 0.169. The SMILES string of the molecule is CC(C)(C)C1=CCC(/C=C2/CC=C(C(C)(C)C)C=CN2)=NC=C1. The van der Waals surface area contributed by atoms with Crippen molar-refractivity contribution in [2.75, 3.05) is 0 Å². The predicted molar refractivity (Wildman–Crippen MR) is 101 cm³/mol. The van der Waals surface area contributed by atoms with Gasteiger partial charge in [-0.15, -0.1) is 0 Å². The van der Waals surface area contributed by atoms with Crippen molar-refractivity contribution in [3.63, 3.8) is 0 Å². The third-order valence-electron chi connectivity index (χ3n) is 4.17. The molecule has 0 unspecified atom stereocenters. The second kappa shape index (κ2) is 6.74. The standard InChI is InChI=1S/C21H30N2/c1-20(2,3)16-7-9-18(22-13-11-16)15-19-10-8-17(12-14-23-19)21(4,5)6/h7-8,11-15,22H,9-10H2,1-6H3/b18-15-. The highest BCUT2D eigenvalue weighted by Crippen LogP contribution is 2.29. The molecule has 0 saturated heterocycles. The molecular weight excluding hydrogens is 280 g/mol. The summed E-state index contributed by atoms with van der Waals surface area (Å²) in [5, 5.41) is 3.40. The van der Waals surface area contributed by atoms with Crippen molar-refractivity contribution < 1.29 is 0 Å². The van der Waals surface area contributed by atoms with Crippen molar-refractivity contribution in [3.05, 3.63) is 59.6 Å². The lowest BCUT2D eigenvalue weighted by Crippen LogP contribution is -2.08. The molecule has 2 aliphatic rings. The lowest BCUT2D eigenvalue weighted by atomic mass is 9.85. The highest BCUT2D eigenvalue weighted by atomic mass is 14.9. The smallest absolute Gasteiger partial charge is 0.0458 e. The van der Waals surface area contributed by atoms with Gasteiger partial charge >= 0.3 is 0 Å². The molecule has 2 aliphatic heterocycles. The van der Waals surface area contributed by atoms with Gasteiger partial charge in [0.25, 0.3) is 0 Å². The third-order valence-corrected chi connectivity index (χ3v) is 4.17. The van der Waals surface area contributed by atoms with Gasteiger partial charge in [-0.1, -0.05) is 53.7 Å². The Morgan fingerprint density at radius 2 is 1.52 bits per heavy atom. The second-order valence-electron chi connectivity index (χ2n) is 8.31. The molecule has 0 radical (unpaired) electrons. The van der Waals surface area contributed by atoms with Crippen molar-refractivity contribution in [1.82, 2.24) is 5.32 Å². The summed E-state index contributed by atoms with van der Waals surface area (Å²) >= 11 is 0. The molecule has 0 aromatic heterocycles. The molecule has 0 fully saturated rings. The summed E-state index contributed by atoms with van der Waals surface area (Å²) in [4.78, 5) is 4.60. The Labute approximate surface area is 141 Å². The van der Waals surface area contributed by atoms with Crippen LogP contribution in [-0.4, -0.2) is 5.71 Å². The van der Waals surface area contributed by atoms with Gasteiger partial charge in [0.15, 0.2) is 0 Å². The Balaban J connectivity index is 2.14. The highest BCUT2D eigenvalue weighted by molar-refractivity contribution is 5.97. The van der Waals surface area contributed by atoms with Crippen LogP contribution in [0.25, 0.3) is 0 Å². The summed E-state index contributed by atoms with van der Waals surface area (Å²) in [7, 11) is 0. The van der Waals surface area contributed by atoms with E-state index in [1.165, 1.54) is 16.8 Å². The average molecular weight is 310 g/mol. The summed E-state index contributed by atoms with van der Waals surface area (Å²) in [5.41, 5.74) is 5.36. The van der Waals surface area contributed by atoms with Gasteiger partial charge in [-0.2, -0.15) is 0 Å². The summed E-state index contributed by atoms with van der Waals surface area (Å²) in [5.74, 6) is 0. The molecule has 0 atom stereocenters. The van der Waals surface area contributed by atoms with Crippen LogP contribution in [0.2, 0.25) is 0 Å². The van der Waals surface area contributed by atoms with Crippen LogP contribution in [0.15, 0.2) is 64.6 Å². The number of rotatable bonds is 1. The fraction of sp³-hybridized carbons (Fsp3) is 0.476. The normalized spacial score (nSPS) is 21.1. The van der Waals surface area contributed by atoms with Gasteiger partial charge in [0, 0.05) is 36.7 Å². The van der Waals surface area contributed by atoms with E-state index >= 15 is 0 Å². The molecule has 0 aliphatic carbocycles. The van der Waals surface area contributed by atoms with Crippen molar-refractivity contribution in [2.24, 2.45) is 15.8 Å². The highest BCUT2D eigenvalue weighted by Gasteiger charge is 2.17. The first-order valence-electron chi connectivity index (χ1n) is 8.44. The van der Waals surface area contributed by atoms with E-state index in [1.54, 1.807) is 0 Å². The first kappa shape index (κ1) is 17.5. The van der Waals surface area contributed by atoms with Crippen LogP contribution >= 0.6 is 0 Å². The predicted octanol–water partition coefficient (Wildman–Crippen LogP) is 5.68. The molecule has 0 amide bonds. The van der Waals surface area contributed by atoms with Crippen LogP contribution in [0, 0.1) is 10.8 Å². The van der Waals surface area contributed by atoms with E-state index in [-0.39, 0.29) is 10.8 Å². The fourth-order valence-electron chi connectivity index (χ4n) is 2.64. The first-order valence-corrected chi connectivity index (χ1v) is 8.44. The molecule has 124 valence electrons. The Morgan fingerprint density at radius 3 is 2.17 bits per heavy atom. The van der Waals surface area contributed by atoms with E-state index in [4.69, 9.17) is 0 Å². The minimum Gasteiger partial charge on any atom is -0.365 e. The van der Waals surface area contributed by atoms with Crippen LogP contribution < -0.4 is 5.32 Å². The number of nitrogens with one attached hydrogen (secondary N) is 1. The molecule has 0 aromatic carbocycles. The van der Waals surface area contributed by atoms with Gasteiger partial charge in [0.1, 0.15) is 0 Å². The Morgan fingerprint density at radius 1 is 0.913 bits per heavy atom. The number of allylic oxidation sites excluding steroid dienone is 7. The van der Waals surface area contributed by atoms with Crippen LogP contribution in [0.3, 0.4) is 0 Å². The lowest BCUT2D eigenvalue weighted by Gasteiger charge is -2.19. The van der Waals surface area contributed by atoms with Crippen molar-refractivity contribution >= 4 is 5.71 Å². The Bertz CT molecular complexity index is 624. The summed E-state index contributed by atoms with van der Waals surface area (Å²) in [6.45, 7) is 13.5. The minimum atomic E-state index is 0.169. The van der Waals surface area contributed by atoms with Gasteiger partial charge in [-0.3, -0.25) is 4.99 Å². The monoisotopic (exact) mass is 310 g/mol. The quantitative estimate of drug-likeness (QED) is 0.662. The number of hydrogen-bond donors (Lipinski definition) is 1. The van der Waals surface area contributed by atoms with Gasteiger partial charge < -0.3 is 5.32 Å². The maximum atomic E-state index is 4.60. The van der Waals surface area contributed by atoms with Crippen molar-refractivity contribution in [1.29, 1.82) is 0 Å². The average Bonchev–Trinajstić information content (AvgIpc) is 2.78. The van der Waals surface area contributed by atoms with Gasteiger partial charge in [0.2, 0.25) is 0 Å². The Hall–Kier alpha value is -1.83. The maximum absolute atomic E-state index is 4.60.